The van der Waals surface area contributed by atoms with Crippen LogP contribution in [0.4, 0.5) is 0 Å². The minimum absolute atomic E-state index is 0.0128. The Balaban J connectivity index is 1.90. The maximum absolute atomic E-state index is 11.9. The van der Waals surface area contributed by atoms with Crippen LogP contribution in [0.5, 0.6) is 0 Å². The van der Waals surface area contributed by atoms with E-state index in [2.05, 4.69) is 31.1 Å². The molecule has 1 saturated carbocycles. The Bertz CT molecular complexity index is 644. The van der Waals surface area contributed by atoms with Gasteiger partial charge in [-0.05, 0) is 25.2 Å². The number of Topliss-reactive ketones (excluding diaryl/α,β-unsaturated/α-hetero) is 1. The number of nitrogens with one attached hydrogen (secondary N) is 1. The van der Waals surface area contributed by atoms with Gasteiger partial charge in [0.25, 0.3) is 0 Å². The summed E-state index contributed by atoms with van der Waals surface area (Å²) in [5.41, 5.74) is 0.724. The van der Waals surface area contributed by atoms with Gasteiger partial charge in [-0.1, -0.05) is 26.0 Å². The molecule has 0 aromatic carbocycles. The molecule has 2 heterocycles. The molecule has 3 atom stereocenters. The van der Waals surface area contributed by atoms with Crippen molar-refractivity contribution in [2.75, 3.05) is 6.54 Å². The van der Waals surface area contributed by atoms with Crippen LogP contribution in [0.2, 0.25) is 0 Å². The summed E-state index contributed by atoms with van der Waals surface area (Å²) in [5.74, 6) is 0.819. The number of β-amino-alcohol motifs (C(OH)–C–C–N with tert-alkyl or cyclic N) is 1. The zero-order valence-electron chi connectivity index (χ0n) is 14.9. The van der Waals surface area contributed by atoms with Gasteiger partial charge in [0.05, 0.1) is 17.8 Å². The summed E-state index contributed by atoms with van der Waals surface area (Å²) in [6.07, 6.45) is 4.07. The van der Waals surface area contributed by atoms with Gasteiger partial charge in [0, 0.05) is 25.1 Å². The molecule has 0 amide bonds. The highest BCUT2D eigenvalue weighted by Crippen LogP contribution is 2.40. The Kier molecular flexibility index (Phi) is 4.23. The number of nitrogens with zero attached hydrogens (tertiary/aromatic N) is 4. The Labute approximate surface area is 142 Å². The first kappa shape index (κ1) is 17.1. The normalized spacial score (nSPS) is 25.8. The molecule has 2 N–H and O–H groups in total. The first-order valence-electron chi connectivity index (χ1n) is 8.63. The zero-order valence-corrected chi connectivity index (χ0v) is 14.9. The molecule has 1 aromatic rings. The number of amidine groups is 1. The summed E-state index contributed by atoms with van der Waals surface area (Å²) in [6.45, 7) is 8.01. The standard InChI is InChI=1S/C17H27N5O2/c1-10(23)14-7-12(24)8-21(14)16(18)15(17(2,3)4)22-9-13(19-20-22)11-5-6-11/h9,11-12,14-15,18,24H,5-8H2,1-4H3/t12?,14-,15+/m0/s1. The van der Waals surface area contributed by atoms with Gasteiger partial charge in [-0.3, -0.25) is 10.2 Å². The molecule has 24 heavy (non-hydrogen) atoms. The van der Waals surface area contributed by atoms with Gasteiger partial charge < -0.3 is 10.0 Å². The number of aliphatic hydroxyl groups excluding tert-OH is 1. The monoisotopic (exact) mass is 333 g/mol. The maximum atomic E-state index is 11.9. The summed E-state index contributed by atoms with van der Waals surface area (Å²) < 4.78 is 1.76. The minimum atomic E-state index is -0.572. The third-order valence-electron chi connectivity index (χ3n) is 4.93. The van der Waals surface area contributed by atoms with Crippen molar-refractivity contribution in [3.8, 4) is 0 Å². The van der Waals surface area contributed by atoms with Gasteiger partial charge >= 0.3 is 0 Å². The van der Waals surface area contributed by atoms with Crippen LogP contribution in [0.15, 0.2) is 6.20 Å². The van der Waals surface area contributed by atoms with E-state index in [9.17, 15) is 9.90 Å². The molecule has 0 spiro atoms. The predicted octanol–water partition coefficient (Wildman–Crippen LogP) is 1.74. The van der Waals surface area contributed by atoms with Crippen LogP contribution >= 0.6 is 0 Å². The molecule has 1 unspecified atom stereocenters. The maximum Gasteiger partial charge on any atom is 0.152 e. The van der Waals surface area contributed by atoms with E-state index in [1.54, 1.807) is 9.58 Å². The van der Waals surface area contributed by atoms with E-state index in [-0.39, 0.29) is 17.2 Å². The SMILES string of the molecule is CC(=O)[C@@H]1CC(O)CN1C(=N)[C@@H](n1cc(C2CC2)nn1)C(C)(C)C. The first-order valence-corrected chi connectivity index (χ1v) is 8.63. The number of hydrogen-bond donors (Lipinski definition) is 2. The van der Waals surface area contributed by atoms with Crippen LogP contribution in [0.25, 0.3) is 0 Å². The molecule has 132 valence electrons. The van der Waals surface area contributed by atoms with E-state index < -0.39 is 12.1 Å². The molecule has 2 aliphatic rings. The molecule has 0 radical (unpaired) electrons. The average Bonchev–Trinajstić information content (AvgIpc) is 3.07. The zero-order chi connectivity index (χ0) is 17.6. The summed E-state index contributed by atoms with van der Waals surface area (Å²) in [4.78, 5) is 13.7. The third kappa shape index (κ3) is 3.22. The summed E-state index contributed by atoms with van der Waals surface area (Å²) in [6, 6.07) is -0.756. The lowest BCUT2D eigenvalue weighted by molar-refractivity contribution is -0.120. The Morgan fingerprint density at radius 3 is 2.62 bits per heavy atom. The second-order valence-electron chi connectivity index (χ2n) is 8.22. The van der Waals surface area contributed by atoms with Crippen molar-refractivity contribution in [1.82, 2.24) is 19.9 Å². The molecule has 0 bridgehead atoms. The van der Waals surface area contributed by atoms with Gasteiger partial charge in [0.1, 0.15) is 11.9 Å². The highest BCUT2D eigenvalue weighted by molar-refractivity contribution is 5.91. The highest BCUT2D eigenvalue weighted by Gasteiger charge is 2.42. The summed E-state index contributed by atoms with van der Waals surface area (Å²) in [5, 5.41) is 27.3. The number of likely N-dealkylation sites (tertiary alicyclic amines) is 1. The fraction of sp³-hybridized carbons (Fsp3) is 0.765. The minimum Gasteiger partial charge on any atom is -0.391 e. The summed E-state index contributed by atoms with van der Waals surface area (Å²) in [7, 11) is 0. The van der Waals surface area contributed by atoms with Gasteiger partial charge in [-0.15, -0.1) is 5.10 Å². The topological polar surface area (TPSA) is 95.1 Å². The summed E-state index contributed by atoms with van der Waals surface area (Å²) >= 11 is 0. The van der Waals surface area contributed by atoms with Crippen molar-refractivity contribution in [3.05, 3.63) is 11.9 Å². The van der Waals surface area contributed by atoms with E-state index >= 15 is 0 Å². The molecule has 2 fully saturated rings. The molecule has 3 rings (SSSR count). The van der Waals surface area contributed by atoms with Crippen LogP contribution in [-0.2, 0) is 4.79 Å². The molecular formula is C17H27N5O2. The van der Waals surface area contributed by atoms with Crippen molar-refractivity contribution in [1.29, 1.82) is 5.41 Å². The molecule has 1 aliphatic heterocycles. The smallest absolute Gasteiger partial charge is 0.152 e. The van der Waals surface area contributed by atoms with Gasteiger partial charge in [-0.2, -0.15) is 0 Å². The predicted molar refractivity (Wildman–Crippen MR) is 90.0 cm³/mol. The fourth-order valence-electron chi connectivity index (χ4n) is 3.54. The Morgan fingerprint density at radius 2 is 2.08 bits per heavy atom. The van der Waals surface area contributed by atoms with Crippen LogP contribution in [0.3, 0.4) is 0 Å². The van der Waals surface area contributed by atoms with E-state index in [1.807, 2.05) is 6.20 Å². The van der Waals surface area contributed by atoms with Crippen LogP contribution in [0.1, 0.15) is 64.6 Å². The number of carbonyl (C=O) groups is 1. The first-order chi connectivity index (χ1) is 11.2. The second kappa shape index (κ2) is 5.95. The van der Waals surface area contributed by atoms with Crippen LogP contribution in [-0.4, -0.2) is 55.3 Å². The molecule has 7 nitrogen and oxygen atoms in total. The quantitative estimate of drug-likeness (QED) is 0.646. The fourth-order valence-corrected chi connectivity index (χ4v) is 3.54. The number of aliphatic hydroxyl groups is 1. The van der Waals surface area contributed by atoms with E-state index in [0.29, 0.717) is 24.7 Å². The molecular weight excluding hydrogens is 306 g/mol. The number of rotatable bonds is 4. The molecule has 1 saturated heterocycles. The third-order valence-corrected chi connectivity index (χ3v) is 4.93. The van der Waals surface area contributed by atoms with Crippen molar-refractivity contribution >= 4 is 11.6 Å². The Morgan fingerprint density at radius 1 is 1.42 bits per heavy atom. The molecule has 1 aliphatic carbocycles. The van der Waals surface area contributed by atoms with Gasteiger partial charge in [0.2, 0.25) is 0 Å². The second-order valence-corrected chi connectivity index (χ2v) is 8.22. The van der Waals surface area contributed by atoms with Crippen molar-refractivity contribution in [2.45, 2.75) is 71.1 Å². The van der Waals surface area contributed by atoms with Gasteiger partial charge in [0.15, 0.2) is 5.78 Å². The lowest BCUT2D eigenvalue weighted by atomic mass is 9.85. The lowest BCUT2D eigenvalue weighted by Crippen LogP contribution is -2.46. The van der Waals surface area contributed by atoms with E-state index in [4.69, 9.17) is 5.41 Å². The van der Waals surface area contributed by atoms with Crippen molar-refractivity contribution in [2.24, 2.45) is 5.41 Å². The van der Waals surface area contributed by atoms with E-state index in [0.717, 1.165) is 18.5 Å². The van der Waals surface area contributed by atoms with Crippen molar-refractivity contribution < 1.29 is 9.90 Å². The highest BCUT2D eigenvalue weighted by atomic mass is 16.3. The number of aromatic nitrogens is 3. The average molecular weight is 333 g/mol. The van der Waals surface area contributed by atoms with Crippen LogP contribution in [0, 0.1) is 10.8 Å². The van der Waals surface area contributed by atoms with E-state index in [1.165, 1.54) is 6.92 Å². The Hall–Kier alpha value is -1.76. The van der Waals surface area contributed by atoms with Crippen molar-refractivity contribution in [3.63, 3.8) is 0 Å². The number of ketones is 1. The largest absolute Gasteiger partial charge is 0.391 e. The molecule has 7 heteroatoms. The number of hydrogen-bond acceptors (Lipinski definition) is 5. The number of carbonyl (C=O) groups excluding carboxylic acids is 1. The van der Waals surface area contributed by atoms with Gasteiger partial charge in [-0.25, -0.2) is 4.68 Å². The lowest BCUT2D eigenvalue weighted by Gasteiger charge is -2.36. The molecule has 1 aromatic heterocycles. The van der Waals surface area contributed by atoms with Crippen LogP contribution < -0.4 is 0 Å².